The summed E-state index contributed by atoms with van der Waals surface area (Å²) in [6, 6.07) is 5.13. The fraction of sp³-hybridized carbons (Fsp3) is 0.615. The zero-order valence-electron chi connectivity index (χ0n) is 20.6. The summed E-state index contributed by atoms with van der Waals surface area (Å²) in [7, 11) is 1.66. The molecule has 3 atom stereocenters. The van der Waals surface area contributed by atoms with E-state index in [1.807, 2.05) is 36.9 Å². The van der Waals surface area contributed by atoms with Gasteiger partial charge in [0, 0.05) is 35.2 Å². The van der Waals surface area contributed by atoms with Crippen molar-refractivity contribution in [3.05, 3.63) is 34.4 Å². The molecule has 1 aliphatic rings. The van der Waals surface area contributed by atoms with Gasteiger partial charge in [0.2, 0.25) is 0 Å². The van der Waals surface area contributed by atoms with Crippen molar-refractivity contribution in [3.63, 3.8) is 0 Å². The predicted octanol–water partition coefficient (Wildman–Crippen LogP) is 5.72. The molecule has 7 nitrogen and oxygen atoms in total. The molecule has 1 aliphatic heterocycles. The molecule has 0 bridgehead atoms. The van der Waals surface area contributed by atoms with Gasteiger partial charge in [0.15, 0.2) is 6.04 Å². The molecule has 0 N–H and O–H groups in total. The molecule has 1 aromatic heterocycles. The Morgan fingerprint density at radius 1 is 1.21 bits per heavy atom. The second kappa shape index (κ2) is 11.4. The number of benzene rings is 1. The number of likely N-dealkylation sites (tertiary alicyclic amines) is 1. The van der Waals surface area contributed by atoms with Gasteiger partial charge in [0.25, 0.3) is 5.91 Å². The molecule has 3 rings (SSSR count). The maximum Gasteiger partial charge on any atom is 0.251 e. The Bertz CT molecular complexity index is 978. The van der Waals surface area contributed by atoms with E-state index in [-0.39, 0.29) is 18.1 Å². The number of aromatic nitrogens is 1. The number of nitrogens with zero attached hydrogens (tertiary/aromatic N) is 3. The highest BCUT2D eigenvalue weighted by molar-refractivity contribution is 5.89. The molecule has 0 aliphatic carbocycles. The highest BCUT2D eigenvalue weighted by atomic mass is 16.5. The number of aryl methyl sites for hydroxylation is 2. The van der Waals surface area contributed by atoms with Crippen molar-refractivity contribution in [2.75, 3.05) is 13.7 Å². The summed E-state index contributed by atoms with van der Waals surface area (Å²) in [5, 5.41) is 4.12. The number of pyridine rings is 1. The van der Waals surface area contributed by atoms with Crippen molar-refractivity contribution in [3.8, 4) is 11.5 Å². The number of ether oxygens (including phenoxy) is 2. The van der Waals surface area contributed by atoms with E-state index in [4.69, 9.17) is 14.5 Å². The maximum atomic E-state index is 13.2. The Labute approximate surface area is 196 Å². The van der Waals surface area contributed by atoms with Gasteiger partial charge >= 0.3 is 0 Å². The minimum absolute atomic E-state index is 0.0685. The molecule has 3 unspecified atom stereocenters. The molecule has 1 aromatic carbocycles. The fourth-order valence-electron chi connectivity index (χ4n) is 4.84. The smallest absolute Gasteiger partial charge is 0.251 e. The normalized spacial score (nSPS) is 19.0. The van der Waals surface area contributed by atoms with Crippen LogP contribution < -0.4 is 9.47 Å². The van der Waals surface area contributed by atoms with Crippen LogP contribution in [0.25, 0.3) is 10.9 Å². The Kier molecular flexibility index (Phi) is 8.64. The molecule has 180 valence electrons. The van der Waals surface area contributed by atoms with Crippen LogP contribution in [0.1, 0.15) is 70.1 Å². The first-order valence-corrected chi connectivity index (χ1v) is 12.2. The number of methoxy groups -OCH3 is 1. The average molecular weight is 456 g/mol. The largest absolute Gasteiger partial charge is 0.496 e. The summed E-state index contributed by atoms with van der Waals surface area (Å²) in [4.78, 5) is 31.2. The van der Waals surface area contributed by atoms with E-state index in [1.54, 1.807) is 7.11 Å². The summed E-state index contributed by atoms with van der Waals surface area (Å²) in [5.74, 6) is 1.41. The number of hydrogen-bond acceptors (Lipinski definition) is 6. The van der Waals surface area contributed by atoms with E-state index in [0.29, 0.717) is 13.0 Å². The van der Waals surface area contributed by atoms with Crippen LogP contribution in [0.4, 0.5) is 0 Å². The molecular formula is C26H37N3O4. The molecule has 1 saturated heterocycles. The second-order valence-electron chi connectivity index (χ2n) is 9.08. The van der Waals surface area contributed by atoms with Crippen molar-refractivity contribution in [2.45, 2.75) is 90.8 Å². The Morgan fingerprint density at radius 3 is 2.67 bits per heavy atom. The number of carbonyl (C=O) groups excluding carboxylic acids is 1. The first kappa shape index (κ1) is 24.9. The molecule has 0 saturated carbocycles. The molecule has 1 amide bonds. The third kappa shape index (κ3) is 5.63. The van der Waals surface area contributed by atoms with Crippen LogP contribution >= 0.6 is 0 Å². The predicted molar refractivity (Wildman–Crippen MR) is 131 cm³/mol. The fourth-order valence-corrected chi connectivity index (χ4v) is 4.84. The van der Waals surface area contributed by atoms with Gasteiger partial charge in [-0.05, 0) is 38.8 Å². The molecule has 33 heavy (non-hydrogen) atoms. The van der Waals surface area contributed by atoms with Crippen LogP contribution in [-0.4, -0.2) is 47.6 Å². The molecule has 0 spiro atoms. The van der Waals surface area contributed by atoms with Crippen molar-refractivity contribution in [2.24, 2.45) is 5.18 Å². The molecule has 7 heteroatoms. The van der Waals surface area contributed by atoms with Gasteiger partial charge in [-0.2, -0.15) is 0 Å². The van der Waals surface area contributed by atoms with E-state index in [2.05, 4.69) is 19.0 Å². The van der Waals surface area contributed by atoms with Gasteiger partial charge < -0.3 is 14.4 Å². The lowest BCUT2D eigenvalue weighted by atomic mass is 10.1. The SMILES string of the molecule is CCCCCC(N=O)C(=O)N1CC(Oc2cc(C)nc3c(C)c(OC)ccc23)CC1CCC. The van der Waals surface area contributed by atoms with Crippen molar-refractivity contribution < 1.29 is 14.3 Å². The molecule has 2 heterocycles. The summed E-state index contributed by atoms with van der Waals surface area (Å²) >= 11 is 0. The maximum absolute atomic E-state index is 13.2. The summed E-state index contributed by atoms with van der Waals surface area (Å²) < 4.78 is 11.9. The van der Waals surface area contributed by atoms with Crippen molar-refractivity contribution in [1.82, 2.24) is 9.88 Å². The van der Waals surface area contributed by atoms with Gasteiger partial charge in [-0.1, -0.05) is 44.7 Å². The van der Waals surface area contributed by atoms with Crippen LogP contribution in [0, 0.1) is 18.8 Å². The summed E-state index contributed by atoms with van der Waals surface area (Å²) in [6.07, 6.45) is 5.87. The van der Waals surface area contributed by atoms with Crippen molar-refractivity contribution >= 4 is 16.8 Å². The lowest BCUT2D eigenvalue weighted by Crippen LogP contribution is -2.42. The Balaban J connectivity index is 1.82. The average Bonchev–Trinajstić information content (AvgIpc) is 3.19. The molecule has 0 radical (unpaired) electrons. The zero-order chi connectivity index (χ0) is 24.0. The number of rotatable bonds is 11. The number of nitroso groups, excluding NO2 is 1. The van der Waals surface area contributed by atoms with Gasteiger partial charge in [0.1, 0.15) is 17.6 Å². The third-order valence-electron chi connectivity index (χ3n) is 6.56. The summed E-state index contributed by atoms with van der Waals surface area (Å²) in [6.45, 7) is 8.64. The first-order chi connectivity index (χ1) is 15.9. The number of unbranched alkanes of at least 4 members (excludes halogenated alkanes) is 2. The van der Waals surface area contributed by atoms with E-state index in [0.717, 1.165) is 72.2 Å². The second-order valence-corrected chi connectivity index (χ2v) is 9.08. The first-order valence-electron chi connectivity index (χ1n) is 12.2. The molecular weight excluding hydrogens is 418 g/mol. The van der Waals surface area contributed by atoms with Crippen molar-refractivity contribution in [1.29, 1.82) is 0 Å². The third-order valence-corrected chi connectivity index (χ3v) is 6.56. The number of fused-ring (bicyclic) bond motifs is 1. The van der Waals surface area contributed by atoms with Gasteiger partial charge in [-0.3, -0.25) is 9.78 Å². The molecule has 2 aromatic rings. The van der Waals surface area contributed by atoms with Gasteiger partial charge in [-0.15, -0.1) is 4.91 Å². The van der Waals surface area contributed by atoms with Crippen LogP contribution in [0.2, 0.25) is 0 Å². The van der Waals surface area contributed by atoms with E-state index in [9.17, 15) is 9.70 Å². The number of hydrogen-bond donors (Lipinski definition) is 0. The van der Waals surface area contributed by atoms with Crippen LogP contribution in [0.15, 0.2) is 23.4 Å². The Morgan fingerprint density at radius 2 is 2.00 bits per heavy atom. The van der Waals surface area contributed by atoms with Crippen LogP contribution in [0.3, 0.4) is 0 Å². The summed E-state index contributed by atoms with van der Waals surface area (Å²) in [5.41, 5.74) is 2.70. The monoisotopic (exact) mass is 455 g/mol. The van der Waals surface area contributed by atoms with E-state index < -0.39 is 6.04 Å². The molecule has 1 fully saturated rings. The van der Waals surface area contributed by atoms with Crippen LogP contribution in [0.5, 0.6) is 11.5 Å². The Hall–Kier alpha value is -2.70. The van der Waals surface area contributed by atoms with E-state index in [1.165, 1.54) is 0 Å². The van der Waals surface area contributed by atoms with Gasteiger partial charge in [-0.25, -0.2) is 0 Å². The lowest BCUT2D eigenvalue weighted by molar-refractivity contribution is -0.133. The quantitative estimate of drug-likeness (QED) is 0.319. The highest BCUT2D eigenvalue weighted by Gasteiger charge is 2.39. The van der Waals surface area contributed by atoms with Gasteiger partial charge in [0.05, 0.1) is 19.2 Å². The zero-order valence-corrected chi connectivity index (χ0v) is 20.6. The minimum atomic E-state index is -0.797. The standard InChI is InChI=1S/C26H37N3O4/c1-6-8-9-11-22(28-31)26(30)29-16-20(15-19(29)10-7-2)33-24-14-17(3)27-25-18(4)23(32-5)13-12-21(24)25/h12-14,19-20,22H,6-11,15-16H2,1-5H3. The highest BCUT2D eigenvalue weighted by Crippen LogP contribution is 2.35. The van der Waals surface area contributed by atoms with Crippen LogP contribution in [-0.2, 0) is 4.79 Å². The topological polar surface area (TPSA) is 81.1 Å². The van der Waals surface area contributed by atoms with E-state index >= 15 is 0 Å². The lowest BCUT2D eigenvalue weighted by Gasteiger charge is -2.26. The number of carbonyl (C=O) groups is 1. The minimum Gasteiger partial charge on any atom is -0.496 e. The number of amides is 1.